The number of aromatic nitrogens is 2. The van der Waals surface area contributed by atoms with Crippen molar-refractivity contribution in [2.75, 3.05) is 5.32 Å². The second-order valence-corrected chi connectivity index (χ2v) is 11.6. The molecule has 30 heavy (non-hydrogen) atoms. The van der Waals surface area contributed by atoms with Gasteiger partial charge in [0, 0.05) is 11.6 Å². The Morgan fingerprint density at radius 2 is 1.53 bits per heavy atom. The number of amides is 1. The number of aromatic amines is 2. The second-order valence-electron chi connectivity index (χ2n) is 11.6. The molecule has 5 heteroatoms. The lowest BCUT2D eigenvalue weighted by atomic mass is 9.76. The maximum Gasteiger partial charge on any atom is 0.323 e. The molecule has 0 aliphatic carbocycles. The molecule has 0 aliphatic rings. The van der Waals surface area contributed by atoms with E-state index in [4.69, 9.17) is 0 Å². The van der Waals surface area contributed by atoms with Crippen LogP contribution in [0, 0.1) is 28.6 Å². The van der Waals surface area contributed by atoms with Crippen LogP contribution in [-0.4, -0.2) is 15.9 Å². The van der Waals surface area contributed by atoms with Crippen molar-refractivity contribution in [2.24, 2.45) is 28.6 Å². The number of carbonyl (C=O) groups excluding carboxylic acids is 1. The number of anilines is 1. The summed E-state index contributed by atoms with van der Waals surface area (Å²) in [6.45, 7) is 18.0. The Kier molecular flexibility index (Phi) is 7.59. The van der Waals surface area contributed by atoms with E-state index in [1.807, 2.05) is 18.2 Å². The molecular formula is C25H41N3O2. The van der Waals surface area contributed by atoms with Crippen molar-refractivity contribution in [1.29, 1.82) is 0 Å². The zero-order chi connectivity index (χ0) is 22.7. The van der Waals surface area contributed by atoms with E-state index in [0.29, 0.717) is 22.8 Å². The van der Waals surface area contributed by atoms with Crippen LogP contribution in [-0.2, 0) is 4.79 Å². The SMILES string of the molecule is CC(CCC(C(=O)Nc1ccc2[nH]c(=O)[nH]c2c1)C(C)CC(C)(C)C)CC(C)(C)C. The van der Waals surface area contributed by atoms with E-state index in [9.17, 15) is 9.59 Å². The Morgan fingerprint density at radius 1 is 0.933 bits per heavy atom. The summed E-state index contributed by atoms with van der Waals surface area (Å²) < 4.78 is 0. The standard InChI is InChI=1S/C25H41N3O2/c1-16(14-24(3,4)5)9-11-19(17(2)15-25(6,7)8)22(29)26-18-10-12-20-21(13-18)28-23(30)27-20/h10,12-13,16-17,19H,9,11,14-15H2,1-8H3,(H,26,29)(H2,27,28,30). The molecule has 0 aliphatic heterocycles. The number of carbonyl (C=O) groups is 1. The average molecular weight is 416 g/mol. The van der Waals surface area contributed by atoms with Gasteiger partial charge in [-0.2, -0.15) is 0 Å². The summed E-state index contributed by atoms with van der Waals surface area (Å²) in [5.41, 5.74) is 2.41. The van der Waals surface area contributed by atoms with Crippen molar-refractivity contribution in [1.82, 2.24) is 9.97 Å². The third kappa shape index (κ3) is 7.66. The number of nitrogens with one attached hydrogen (secondary N) is 3. The molecule has 1 aromatic carbocycles. The molecule has 0 radical (unpaired) electrons. The third-order valence-corrected chi connectivity index (χ3v) is 5.67. The first-order chi connectivity index (χ1) is 13.7. The van der Waals surface area contributed by atoms with Crippen molar-refractivity contribution in [2.45, 2.75) is 81.1 Å². The molecule has 1 amide bonds. The first-order valence-electron chi connectivity index (χ1n) is 11.3. The number of hydrogen-bond donors (Lipinski definition) is 3. The van der Waals surface area contributed by atoms with Crippen LogP contribution in [0.4, 0.5) is 5.69 Å². The quantitative estimate of drug-likeness (QED) is 0.470. The summed E-state index contributed by atoms with van der Waals surface area (Å²) in [5, 5.41) is 3.11. The van der Waals surface area contributed by atoms with Crippen molar-refractivity contribution >= 4 is 22.6 Å². The predicted octanol–water partition coefficient (Wildman–Crippen LogP) is 6.34. The van der Waals surface area contributed by atoms with Gasteiger partial charge in [0.1, 0.15) is 0 Å². The van der Waals surface area contributed by atoms with Gasteiger partial charge in [0.05, 0.1) is 11.0 Å². The largest absolute Gasteiger partial charge is 0.326 e. The van der Waals surface area contributed by atoms with Gasteiger partial charge >= 0.3 is 5.69 Å². The molecule has 0 saturated heterocycles. The number of benzene rings is 1. The highest BCUT2D eigenvalue weighted by atomic mass is 16.2. The minimum atomic E-state index is -0.238. The lowest BCUT2D eigenvalue weighted by molar-refractivity contribution is -0.122. The number of imidazole rings is 1. The summed E-state index contributed by atoms with van der Waals surface area (Å²) >= 11 is 0. The molecule has 2 rings (SSSR count). The van der Waals surface area contributed by atoms with Gasteiger partial charge in [-0.25, -0.2) is 4.79 Å². The zero-order valence-electron chi connectivity index (χ0n) is 20.1. The van der Waals surface area contributed by atoms with Crippen LogP contribution in [0.15, 0.2) is 23.0 Å². The highest BCUT2D eigenvalue weighted by molar-refractivity contribution is 5.94. The molecule has 168 valence electrons. The van der Waals surface area contributed by atoms with Crippen molar-refractivity contribution < 1.29 is 4.79 Å². The molecule has 0 saturated carbocycles. The average Bonchev–Trinajstić information content (AvgIpc) is 2.90. The molecule has 0 spiro atoms. The monoisotopic (exact) mass is 415 g/mol. The fourth-order valence-corrected chi connectivity index (χ4v) is 4.74. The van der Waals surface area contributed by atoms with Crippen molar-refractivity contribution in [3.63, 3.8) is 0 Å². The Hall–Kier alpha value is -2.04. The van der Waals surface area contributed by atoms with Crippen LogP contribution in [0.2, 0.25) is 0 Å². The lowest BCUT2D eigenvalue weighted by Gasteiger charge is -2.30. The molecule has 1 aromatic heterocycles. The fourth-order valence-electron chi connectivity index (χ4n) is 4.74. The third-order valence-electron chi connectivity index (χ3n) is 5.67. The van der Waals surface area contributed by atoms with E-state index in [0.717, 1.165) is 36.9 Å². The van der Waals surface area contributed by atoms with Gasteiger partial charge in [0.2, 0.25) is 5.91 Å². The van der Waals surface area contributed by atoms with Crippen molar-refractivity contribution in [3.8, 4) is 0 Å². The van der Waals surface area contributed by atoms with Crippen LogP contribution in [0.25, 0.3) is 11.0 Å². The molecule has 3 N–H and O–H groups in total. The van der Waals surface area contributed by atoms with E-state index in [2.05, 4.69) is 70.7 Å². The summed E-state index contributed by atoms with van der Waals surface area (Å²) in [5.74, 6) is 0.922. The van der Waals surface area contributed by atoms with E-state index in [1.165, 1.54) is 0 Å². The molecule has 3 atom stereocenters. The van der Waals surface area contributed by atoms with Gasteiger partial charge in [0.25, 0.3) is 0 Å². The van der Waals surface area contributed by atoms with Crippen molar-refractivity contribution in [3.05, 3.63) is 28.7 Å². The molecule has 1 heterocycles. The van der Waals surface area contributed by atoms with E-state index in [-0.39, 0.29) is 22.9 Å². The summed E-state index contributed by atoms with van der Waals surface area (Å²) in [6.07, 6.45) is 4.10. The molecule has 2 aromatic rings. The highest BCUT2D eigenvalue weighted by Crippen LogP contribution is 2.34. The van der Waals surface area contributed by atoms with E-state index in [1.54, 1.807) is 0 Å². The van der Waals surface area contributed by atoms with Gasteiger partial charge in [-0.1, -0.05) is 55.4 Å². The zero-order valence-corrected chi connectivity index (χ0v) is 20.1. The summed E-state index contributed by atoms with van der Waals surface area (Å²) in [7, 11) is 0. The van der Waals surface area contributed by atoms with E-state index >= 15 is 0 Å². The number of rotatable bonds is 8. The summed E-state index contributed by atoms with van der Waals surface area (Å²) in [6, 6.07) is 5.48. The molecular weight excluding hydrogens is 374 g/mol. The van der Waals surface area contributed by atoms with Crippen LogP contribution < -0.4 is 11.0 Å². The molecule has 0 fully saturated rings. The molecule has 5 nitrogen and oxygen atoms in total. The Bertz CT molecular complexity index is 895. The summed E-state index contributed by atoms with van der Waals surface area (Å²) in [4.78, 5) is 30.3. The van der Waals surface area contributed by atoms with Gasteiger partial charge in [-0.05, 0) is 66.5 Å². The van der Waals surface area contributed by atoms with Gasteiger partial charge < -0.3 is 15.3 Å². The van der Waals surface area contributed by atoms with Crippen LogP contribution in [0.3, 0.4) is 0 Å². The molecule has 3 unspecified atom stereocenters. The second kappa shape index (κ2) is 9.40. The Balaban J connectivity index is 2.14. The van der Waals surface area contributed by atoms with Gasteiger partial charge in [-0.15, -0.1) is 0 Å². The Morgan fingerprint density at radius 3 is 2.13 bits per heavy atom. The maximum atomic E-state index is 13.3. The van der Waals surface area contributed by atoms with Gasteiger partial charge in [0.15, 0.2) is 0 Å². The van der Waals surface area contributed by atoms with E-state index < -0.39 is 0 Å². The fraction of sp³-hybridized carbons (Fsp3) is 0.680. The minimum absolute atomic E-state index is 0.0346. The van der Waals surface area contributed by atoms with Crippen LogP contribution in [0.1, 0.15) is 81.1 Å². The lowest BCUT2D eigenvalue weighted by Crippen LogP contribution is -2.31. The van der Waals surface area contributed by atoms with Crippen LogP contribution in [0.5, 0.6) is 0 Å². The smallest absolute Gasteiger partial charge is 0.323 e. The Labute approximate surface area is 181 Å². The first kappa shape index (κ1) is 24.2. The minimum Gasteiger partial charge on any atom is -0.326 e. The van der Waals surface area contributed by atoms with Crippen LogP contribution >= 0.6 is 0 Å². The number of hydrogen-bond acceptors (Lipinski definition) is 2. The number of fused-ring (bicyclic) bond motifs is 1. The number of H-pyrrole nitrogens is 2. The molecule has 0 bridgehead atoms. The first-order valence-corrected chi connectivity index (χ1v) is 11.3. The maximum absolute atomic E-state index is 13.3. The normalized spacial score (nSPS) is 15.7. The highest BCUT2D eigenvalue weighted by Gasteiger charge is 2.29. The van der Waals surface area contributed by atoms with Gasteiger partial charge in [-0.3, -0.25) is 4.79 Å². The predicted molar refractivity (Wildman–Crippen MR) is 127 cm³/mol. The topological polar surface area (TPSA) is 77.8 Å².